The zero-order valence-electron chi connectivity index (χ0n) is 15.8. The van der Waals surface area contributed by atoms with Gasteiger partial charge in [0.05, 0.1) is 11.2 Å². The Hall–Kier alpha value is -3.21. The highest BCUT2D eigenvalue weighted by Gasteiger charge is 2.61. The fraction of sp³-hybridized carbons (Fsp3) is 0.167. The summed E-state index contributed by atoms with van der Waals surface area (Å²) in [6.07, 6.45) is -3.94. The molecule has 0 amide bonds. The molecule has 5 heteroatoms. The SMILES string of the molecule is CCc1c2n(c3ccccc13)C(c1ccccc1)(C(F)(F)F)Nc1ccccc1-2. The molecule has 5 rings (SSSR count). The van der Waals surface area contributed by atoms with Crippen LogP contribution in [-0.4, -0.2) is 10.7 Å². The molecular formula is C24H19F3N2. The molecule has 4 aromatic rings. The molecule has 29 heavy (non-hydrogen) atoms. The maximum Gasteiger partial charge on any atom is 0.435 e. The Bertz CT molecular complexity index is 1210. The Balaban J connectivity index is 2.02. The lowest BCUT2D eigenvalue weighted by Crippen LogP contribution is -2.56. The minimum atomic E-state index is -4.58. The minimum absolute atomic E-state index is 0.159. The highest BCUT2D eigenvalue weighted by Crippen LogP contribution is 2.53. The number of alkyl halides is 3. The quantitative estimate of drug-likeness (QED) is 0.409. The van der Waals surface area contributed by atoms with E-state index in [1.165, 1.54) is 4.57 Å². The Morgan fingerprint density at radius 3 is 2.24 bits per heavy atom. The second-order valence-electron chi connectivity index (χ2n) is 7.28. The zero-order chi connectivity index (χ0) is 20.2. The van der Waals surface area contributed by atoms with E-state index in [4.69, 9.17) is 0 Å². The molecule has 0 saturated heterocycles. The second kappa shape index (κ2) is 6.14. The average molecular weight is 392 g/mol. The van der Waals surface area contributed by atoms with E-state index in [1.807, 2.05) is 31.2 Å². The Kier molecular flexibility index (Phi) is 3.78. The van der Waals surface area contributed by atoms with Gasteiger partial charge in [-0.15, -0.1) is 0 Å². The number of nitrogens with zero attached hydrogens (tertiary/aromatic N) is 1. The van der Waals surface area contributed by atoms with Crippen molar-refractivity contribution in [1.82, 2.24) is 4.57 Å². The molecular weight excluding hydrogens is 373 g/mol. The van der Waals surface area contributed by atoms with Crippen molar-refractivity contribution in [2.75, 3.05) is 5.32 Å². The van der Waals surface area contributed by atoms with E-state index in [2.05, 4.69) is 5.32 Å². The summed E-state index contributed by atoms with van der Waals surface area (Å²) in [5.41, 5.74) is 1.16. The first-order chi connectivity index (χ1) is 14.0. The van der Waals surface area contributed by atoms with Crippen LogP contribution < -0.4 is 5.32 Å². The summed E-state index contributed by atoms with van der Waals surface area (Å²) in [5.74, 6) is 0. The molecule has 1 unspecified atom stereocenters. The van der Waals surface area contributed by atoms with Crippen LogP contribution in [0.25, 0.3) is 22.2 Å². The number of aromatic nitrogens is 1. The first-order valence-corrected chi connectivity index (χ1v) is 9.61. The number of halogens is 3. The van der Waals surface area contributed by atoms with Crippen LogP contribution in [0.5, 0.6) is 0 Å². The van der Waals surface area contributed by atoms with E-state index >= 15 is 13.2 Å². The van der Waals surface area contributed by atoms with Crippen LogP contribution >= 0.6 is 0 Å². The van der Waals surface area contributed by atoms with Crippen molar-refractivity contribution in [3.05, 3.63) is 90.0 Å². The molecule has 2 nitrogen and oxygen atoms in total. The minimum Gasteiger partial charge on any atom is -0.351 e. The first kappa shape index (κ1) is 17.9. The van der Waals surface area contributed by atoms with Gasteiger partial charge >= 0.3 is 6.18 Å². The molecule has 2 heterocycles. The van der Waals surface area contributed by atoms with Crippen molar-refractivity contribution in [3.8, 4) is 11.3 Å². The smallest absolute Gasteiger partial charge is 0.351 e. The van der Waals surface area contributed by atoms with E-state index in [0.29, 0.717) is 23.3 Å². The van der Waals surface area contributed by atoms with Gasteiger partial charge in [0.2, 0.25) is 5.66 Å². The predicted molar refractivity (Wildman–Crippen MR) is 110 cm³/mol. The highest BCUT2D eigenvalue weighted by molar-refractivity contribution is 5.96. The third-order valence-electron chi connectivity index (χ3n) is 5.77. The van der Waals surface area contributed by atoms with E-state index in [9.17, 15) is 0 Å². The van der Waals surface area contributed by atoms with Gasteiger partial charge in [0.1, 0.15) is 0 Å². The van der Waals surface area contributed by atoms with Gasteiger partial charge in [-0.3, -0.25) is 0 Å². The fourth-order valence-corrected chi connectivity index (χ4v) is 4.59. The summed E-state index contributed by atoms with van der Waals surface area (Å²) in [6, 6.07) is 22.7. The van der Waals surface area contributed by atoms with Crippen LogP contribution in [0.2, 0.25) is 0 Å². The molecule has 1 atom stereocenters. The molecule has 0 fully saturated rings. The molecule has 146 valence electrons. The van der Waals surface area contributed by atoms with Gasteiger partial charge < -0.3 is 9.88 Å². The van der Waals surface area contributed by atoms with Gasteiger partial charge in [0.15, 0.2) is 0 Å². The summed E-state index contributed by atoms with van der Waals surface area (Å²) in [6.45, 7) is 1.99. The Morgan fingerprint density at radius 1 is 0.862 bits per heavy atom. The standard InChI is InChI=1S/C24H19F3N2/c1-2-17-18-12-7-9-15-21(18)29-22(17)19-13-6-8-14-20(19)28-23(29,24(25,26)27)16-10-4-3-5-11-16/h3-15,28H,2H2,1H3. The van der Waals surface area contributed by atoms with Gasteiger partial charge in [-0.05, 0) is 24.1 Å². The van der Waals surface area contributed by atoms with Crippen molar-refractivity contribution in [1.29, 1.82) is 0 Å². The maximum absolute atomic E-state index is 15.0. The summed E-state index contributed by atoms with van der Waals surface area (Å²) in [7, 11) is 0. The lowest BCUT2D eigenvalue weighted by Gasteiger charge is -2.44. The predicted octanol–water partition coefficient (Wildman–Crippen LogP) is 6.56. The molecule has 0 bridgehead atoms. The normalized spacial score (nSPS) is 18.2. The number of anilines is 1. The van der Waals surface area contributed by atoms with Gasteiger partial charge in [-0.25, -0.2) is 0 Å². The molecule has 1 aliphatic heterocycles. The number of nitrogens with one attached hydrogen (secondary N) is 1. The van der Waals surface area contributed by atoms with Crippen molar-refractivity contribution in [2.24, 2.45) is 0 Å². The Morgan fingerprint density at radius 2 is 1.52 bits per heavy atom. The molecule has 1 aliphatic rings. The van der Waals surface area contributed by atoms with Crippen molar-refractivity contribution in [3.63, 3.8) is 0 Å². The molecule has 0 radical (unpaired) electrons. The van der Waals surface area contributed by atoms with Crippen LogP contribution in [-0.2, 0) is 12.1 Å². The van der Waals surface area contributed by atoms with E-state index < -0.39 is 11.8 Å². The van der Waals surface area contributed by atoms with Crippen LogP contribution in [0.1, 0.15) is 18.1 Å². The number of hydrogen-bond donors (Lipinski definition) is 1. The molecule has 3 aromatic carbocycles. The lowest BCUT2D eigenvalue weighted by molar-refractivity contribution is -0.189. The van der Waals surface area contributed by atoms with E-state index in [1.54, 1.807) is 54.6 Å². The van der Waals surface area contributed by atoms with E-state index in [0.717, 1.165) is 16.5 Å². The first-order valence-electron chi connectivity index (χ1n) is 9.61. The third-order valence-corrected chi connectivity index (χ3v) is 5.77. The largest absolute Gasteiger partial charge is 0.435 e. The summed E-state index contributed by atoms with van der Waals surface area (Å²) >= 11 is 0. The summed E-state index contributed by atoms with van der Waals surface area (Å²) in [5, 5.41) is 3.75. The fourth-order valence-electron chi connectivity index (χ4n) is 4.59. The lowest BCUT2D eigenvalue weighted by atomic mass is 9.91. The highest BCUT2D eigenvalue weighted by atomic mass is 19.4. The van der Waals surface area contributed by atoms with Crippen molar-refractivity contribution < 1.29 is 13.2 Å². The van der Waals surface area contributed by atoms with Gasteiger partial charge in [0, 0.05) is 22.2 Å². The van der Waals surface area contributed by atoms with Gasteiger partial charge in [-0.2, -0.15) is 13.2 Å². The average Bonchev–Trinajstić information content (AvgIpc) is 3.08. The zero-order valence-corrected chi connectivity index (χ0v) is 15.8. The molecule has 0 aliphatic carbocycles. The number of hydrogen-bond acceptors (Lipinski definition) is 1. The third kappa shape index (κ3) is 2.30. The maximum atomic E-state index is 15.0. The summed E-state index contributed by atoms with van der Waals surface area (Å²) in [4.78, 5) is 0. The topological polar surface area (TPSA) is 17.0 Å². The monoisotopic (exact) mass is 392 g/mol. The summed E-state index contributed by atoms with van der Waals surface area (Å²) < 4.78 is 46.5. The molecule has 0 spiro atoms. The van der Waals surface area contributed by atoms with Gasteiger partial charge in [-0.1, -0.05) is 73.7 Å². The Labute approximate surface area is 166 Å². The van der Waals surface area contributed by atoms with Gasteiger partial charge in [0.25, 0.3) is 0 Å². The van der Waals surface area contributed by atoms with Crippen LogP contribution in [0.4, 0.5) is 18.9 Å². The number of fused-ring (bicyclic) bond motifs is 5. The van der Waals surface area contributed by atoms with Crippen LogP contribution in [0.3, 0.4) is 0 Å². The second-order valence-corrected chi connectivity index (χ2v) is 7.28. The molecule has 0 saturated carbocycles. The van der Waals surface area contributed by atoms with Crippen molar-refractivity contribution in [2.45, 2.75) is 25.2 Å². The number of aryl methyl sites for hydroxylation is 1. The molecule has 1 N–H and O–H groups in total. The number of rotatable bonds is 2. The number of para-hydroxylation sites is 2. The van der Waals surface area contributed by atoms with Crippen molar-refractivity contribution >= 4 is 16.6 Å². The number of benzene rings is 3. The van der Waals surface area contributed by atoms with E-state index in [-0.39, 0.29) is 5.56 Å². The molecule has 1 aromatic heterocycles. The van der Waals surface area contributed by atoms with Crippen LogP contribution in [0.15, 0.2) is 78.9 Å². The van der Waals surface area contributed by atoms with Crippen LogP contribution in [0, 0.1) is 0 Å².